The van der Waals surface area contributed by atoms with Crippen LogP contribution in [0.25, 0.3) is 0 Å². The third-order valence-corrected chi connectivity index (χ3v) is 10.4. The Morgan fingerprint density at radius 1 is 1.07 bits per heavy atom. The fourth-order valence-electron chi connectivity index (χ4n) is 8.84. The first-order chi connectivity index (χ1) is 13.3. The lowest BCUT2D eigenvalue weighted by Crippen LogP contribution is -2.54. The summed E-state index contributed by atoms with van der Waals surface area (Å²) in [6.45, 7) is 7.53. The van der Waals surface area contributed by atoms with E-state index in [9.17, 15) is 9.90 Å². The number of carbonyl (C=O) groups excluding carboxylic acids is 1. The van der Waals surface area contributed by atoms with Gasteiger partial charge in [-0.1, -0.05) is 20.8 Å². The second kappa shape index (κ2) is 7.58. The maximum absolute atomic E-state index is 11.6. The third-order valence-electron chi connectivity index (χ3n) is 10.4. The number of hydrazine groups is 1. The Balaban J connectivity index is 1.48. The van der Waals surface area contributed by atoms with Gasteiger partial charge in [0.25, 0.3) is 0 Å². The Hall–Kier alpha value is -0.610. The molecule has 4 rings (SSSR count). The summed E-state index contributed by atoms with van der Waals surface area (Å²) in [5, 5.41) is 10.2. The van der Waals surface area contributed by atoms with E-state index in [1.807, 2.05) is 0 Å². The smallest absolute Gasteiger partial charge is 0.233 e. The number of nitrogens with two attached hydrogens (primary N) is 1. The molecule has 0 aliphatic heterocycles. The lowest BCUT2D eigenvalue weighted by Gasteiger charge is -2.61. The Bertz CT molecular complexity index is 595. The monoisotopic (exact) mass is 390 g/mol. The lowest BCUT2D eigenvalue weighted by atomic mass is 9.44. The molecule has 4 fully saturated rings. The van der Waals surface area contributed by atoms with E-state index < -0.39 is 0 Å². The topological polar surface area (TPSA) is 75.4 Å². The average Bonchev–Trinajstić information content (AvgIpc) is 3.03. The highest BCUT2D eigenvalue weighted by atomic mass is 16.3. The van der Waals surface area contributed by atoms with Gasteiger partial charge in [0.05, 0.1) is 6.10 Å². The number of aliphatic hydroxyl groups is 1. The molecule has 4 heteroatoms. The van der Waals surface area contributed by atoms with Crippen LogP contribution in [-0.4, -0.2) is 17.1 Å². The molecule has 0 bridgehead atoms. The van der Waals surface area contributed by atoms with Crippen LogP contribution in [0.1, 0.15) is 91.4 Å². The molecule has 28 heavy (non-hydrogen) atoms. The molecule has 0 aromatic heterocycles. The van der Waals surface area contributed by atoms with Crippen LogP contribution >= 0.6 is 0 Å². The summed E-state index contributed by atoms with van der Waals surface area (Å²) < 4.78 is 0. The van der Waals surface area contributed by atoms with Crippen molar-refractivity contribution in [1.29, 1.82) is 0 Å². The molecule has 0 radical (unpaired) electrons. The molecule has 0 heterocycles. The minimum Gasteiger partial charge on any atom is -0.393 e. The van der Waals surface area contributed by atoms with Crippen molar-refractivity contribution in [2.24, 2.45) is 52.2 Å². The molecule has 160 valence electrons. The van der Waals surface area contributed by atoms with Crippen LogP contribution in [0, 0.1) is 46.3 Å². The predicted molar refractivity (Wildman–Crippen MR) is 112 cm³/mol. The second-order valence-corrected chi connectivity index (χ2v) is 11.4. The van der Waals surface area contributed by atoms with Crippen LogP contribution in [0.3, 0.4) is 0 Å². The third kappa shape index (κ3) is 3.23. The van der Waals surface area contributed by atoms with E-state index in [4.69, 9.17) is 5.84 Å². The molecule has 2 unspecified atom stereocenters. The second-order valence-electron chi connectivity index (χ2n) is 11.4. The number of fused-ring (bicyclic) bond motifs is 5. The highest BCUT2D eigenvalue weighted by Gasteiger charge is 2.60. The summed E-state index contributed by atoms with van der Waals surface area (Å²) in [7, 11) is 0. The molecule has 0 aromatic rings. The van der Waals surface area contributed by atoms with E-state index in [-0.39, 0.29) is 12.0 Å². The minimum absolute atomic E-state index is 0.0269. The number of aliphatic hydroxyl groups excluding tert-OH is 1. The van der Waals surface area contributed by atoms with Crippen molar-refractivity contribution >= 4 is 5.91 Å². The molecular formula is C24H42N2O2. The summed E-state index contributed by atoms with van der Waals surface area (Å²) in [4.78, 5) is 11.6. The van der Waals surface area contributed by atoms with Crippen molar-refractivity contribution in [2.45, 2.75) is 97.5 Å². The van der Waals surface area contributed by atoms with E-state index in [0.717, 1.165) is 48.9 Å². The van der Waals surface area contributed by atoms with Crippen LogP contribution in [0.5, 0.6) is 0 Å². The molecule has 4 aliphatic rings. The number of hydrogen-bond acceptors (Lipinski definition) is 3. The highest BCUT2D eigenvalue weighted by Crippen LogP contribution is 2.68. The van der Waals surface area contributed by atoms with Crippen molar-refractivity contribution in [3.05, 3.63) is 0 Å². The van der Waals surface area contributed by atoms with E-state index in [0.29, 0.717) is 23.2 Å². The van der Waals surface area contributed by atoms with Crippen LogP contribution in [0.4, 0.5) is 0 Å². The molecule has 9 atom stereocenters. The van der Waals surface area contributed by atoms with Gasteiger partial charge in [-0.2, -0.15) is 0 Å². The van der Waals surface area contributed by atoms with Crippen molar-refractivity contribution in [1.82, 2.24) is 5.43 Å². The first-order valence-electron chi connectivity index (χ1n) is 12.0. The van der Waals surface area contributed by atoms with Crippen molar-refractivity contribution in [3.8, 4) is 0 Å². The number of rotatable bonds is 4. The Labute approximate surface area is 171 Å². The Kier molecular flexibility index (Phi) is 5.59. The molecule has 4 nitrogen and oxygen atoms in total. The molecule has 4 aliphatic carbocycles. The van der Waals surface area contributed by atoms with Gasteiger partial charge in [-0.25, -0.2) is 5.84 Å². The largest absolute Gasteiger partial charge is 0.393 e. The summed E-state index contributed by atoms with van der Waals surface area (Å²) in [6, 6.07) is 0. The maximum atomic E-state index is 11.6. The maximum Gasteiger partial charge on any atom is 0.233 e. The van der Waals surface area contributed by atoms with Crippen LogP contribution < -0.4 is 11.3 Å². The predicted octanol–water partition coefficient (Wildman–Crippen LogP) is 4.41. The van der Waals surface area contributed by atoms with Gasteiger partial charge >= 0.3 is 0 Å². The van der Waals surface area contributed by atoms with Gasteiger partial charge in [-0.05, 0) is 111 Å². The molecular weight excluding hydrogens is 348 g/mol. The van der Waals surface area contributed by atoms with Crippen molar-refractivity contribution in [2.75, 3.05) is 0 Å². The fourth-order valence-corrected chi connectivity index (χ4v) is 8.84. The first-order valence-corrected chi connectivity index (χ1v) is 12.0. The van der Waals surface area contributed by atoms with E-state index >= 15 is 0 Å². The minimum atomic E-state index is -0.0501. The van der Waals surface area contributed by atoms with Gasteiger partial charge in [-0.3, -0.25) is 10.2 Å². The number of amides is 1. The van der Waals surface area contributed by atoms with Crippen LogP contribution in [0.2, 0.25) is 0 Å². The number of hydrogen-bond donors (Lipinski definition) is 3. The van der Waals surface area contributed by atoms with E-state index in [1.54, 1.807) is 0 Å². The summed E-state index contributed by atoms with van der Waals surface area (Å²) in [6.07, 6.45) is 13.0. The zero-order chi connectivity index (χ0) is 20.1. The van der Waals surface area contributed by atoms with Gasteiger partial charge in [-0.15, -0.1) is 0 Å². The lowest BCUT2D eigenvalue weighted by molar-refractivity contribution is -0.129. The molecule has 4 N–H and O–H groups in total. The van der Waals surface area contributed by atoms with Crippen LogP contribution in [0.15, 0.2) is 0 Å². The molecule has 1 amide bonds. The molecule has 4 saturated carbocycles. The molecule has 0 spiro atoms. The number of carbonyl (C=O) groups is 1. The van der Waals surface area contributed by atoms with E-state index in [2.05, 4.69) is 26.2 Å². The van der Waals surface area contributed by atoms with Gasteiger partial charge in [0.2, 0.25) is 5.91 Å². The average molecular weight is 391 g/mol. The quantitative estimate of drug-likeness (QED) is 0.378. The first kappa shape index (κ1) is 20.7. The van der Waals surface area contributed by atoms with Gasteiger partial charge in [0.1, 0.15) is 0 Å². The summed E-state index contributed by atoms with van der Waals surface area (Å²) >= 11 is 0. The zero-order valence-corrected chi connectivity index (χ0v) is 18.3. The van der Waals surface area contributed by atoms with Gasteiger partial charge in [0, 0.05) is 6.42 Å². The SMILES string of the molecule is C[C@H](CCC(=O)NN)[C@H]1CC[C@H]2[C@@H]3CCC4CC(O)CC[C@]4(C)[C@H]3CC[C@]12C. The molecule has 0 aromatic carbocycles. The summed E-state index contributed by atoms with van der Waals surface area (Å²) in [5.41, 5.74) is 3.21. The van der Waals surface area contributed by atoms with Crippen molar-refractivity contribution < 1.29 is 9.90 Å². The summed E-state index contributed by atoms with van der Waals surface area (Å²) in [5.74, 6) is 9.97. The van der Waals surface area contributed by atoms with Gasteiger partial charge in [0.15, 0.2) is 0 Å². The highest BCUT2D eigenvalue weighted by molar-refractivity contribution is 5.75. The molecule has 0 saturated heterocycles. The fraction of sp³-hybridized carbons (Fsp3) is 0.958. The Morgan fingerprint density at radius 2 is 1.79 bits per heavy atom. The Morgan fingerprint density at radius 3 is 2.54 bits per heavy atom. The van der Waals surface area contributed by atoms with Crippen molar-refractivity contribution in [3.63, 3.8) is 0 Å². The number of nitrogens with one attached hydrogen (secondary N) is 1. The van der Waals surface area contributed by atoms with Gasteiger partial charge < -0.3 is 5.11 Å². The van der Waals surface area contributed by atoms with Crippen LogP contribution in [-0.2, 0) is 4.79 Å². The van der Waals surface area contributed by atoms with E-state index in [1.165, 1.54) is 44.9 Å². The standard InChI is InChI=1S/C24H42N2O2/c1-15(4-9-22(28)26-25)19-7-8-20-18-6-5-16-14-17(27)10-12-23(16,2)21(18)11-13-24(19,20)3/h15-21,27H,4-14,25H2,1-3H3,(H,26,28)/t15-,16?,17?,18+,19-,20+,21+,23+,24-/m1/s1. The zero-order valence-electron chi connectivity index (χ0n) is 18.3. The normalized spacial score (nSPS) is 48.9.